The molecule has 3 heterocycles. The van der Waals surface area contributed by atoms with E-state index in [1.807, 2.05) is 13.8 Å². The van der Waals surface area contributed by atoms with Crippen LogP contribution in [0.25, 0.3) is 21.9 Å². The van der Waals surface area contributed by atoms with Crippen LogP contribution in [0.2, 0.25) is 0 Å². The quantitative estimate of drug-likeness (QED) is 0.645. The molecular formula is C19H21FN4O2S. The Bertz CT molecular complexity index is 1100. The van der Waals surface area contributed by atoms with Crippen molar-refractivity contribution in [2.45, 2.75) is 38.5 Å². The zero-order valence-electron chi connectivity index (χ0n) is 15.4. The molecule has 142 valence electrons. The van der Waals surface area contributed by atoms with Gasteiger partial charge in [0.15, 0.2) is 5.16 Å². The Morgan fingerprint density at radius 1 is 1.33 bits per heavy atom. The molecule has 0 atom stereocenters. The van der Waals surface area contributed by atoms with E-state index >= 15 is 0 Å². The van der Waals surface area contributed by atoms with Crippen LogP contribution in [0.3, 0.4) is 0 Å². The standard InChI is InChI=1S/C19H21FN4O2S/c1-3-22(4-2)15(25)11-24-14-7-6-12(20)10-13(14)16-17(24)18(26)23-8-5-9-27-19(23)21-16/h6-7,10H,3-5,8-9,11H2,1-2H3. The highest BCUT2D eigenvalue weighted by Gasteiger charge is 2.23. The predicted molar refractivity (Wildman–Crippen MR) is 105 cm³/mol. The summed E-state index contributed by atoms with van der Waals surface area (Å²) in [6.45, 7) is 5.70. The molecule has 6 nitrogen and oxygen atoms in total. The van der Waals surface area contributed by atoms with Crippen molar-refractivity contribution in [1.82, 2.24) is 19.0 Å². The van der Waals surface area contributed by atoms with Crippen LogP contribution >= 0.6 is 11.8 Å². The molecule has 0 N–H and O–H groups in total. The molecule has 0 aliphatic carbocycles. The van der Waals surface area contributed by atoms with Crippen LogP contribution < -0.4 is 5.56 Å². The van der Waals surface area contributed by atoms with Gasteiger partial charge >= 0.3 is 0 Å². The molecule has 3 aromatic rings. The monoisotopic (exact) mass is 388 g/mol. The molecule has 8 heteroatoms. The van der Waals surface area contributed by atoms with Gasteiger partial charge in [0, 0.05) is 30.8 Å². The molecule has 1 amide bonds. The number of benzene rings is 1. The molecule has 27 heavy (non-hydrogen) atoms. The molecule has 0 fully saturated rings. The molecule has 0 radical (unpaired) electrons. The summed E-state index contributed by atoms with van der Waals surface area (Å²) in [5, 5.41) is 1.24. The summed E-state index contributed by atoms with van der Waals surface area (Å²) in [5.41, 5.74) is 1.35. The minimum absolute atomic E-state index is 0.0384. The molecule has 0 bridgehead atoms. The largest absolute Gasteiger partial charge is 0.342 e. The molecule has 0 unspecified atom stereocenters. The first-order valence-electron chi connectivity index (χ1n) is 9.18. The van der Waals surface area contributed by atoms with E-state index in [9.17, 15) is 14.0 Å². The number of rotatable bonds is 4. The first kappa shape index (κ1) is 18.0. The van der Waals surface area contributed by atoms with Crippen LogP contribution in [-0.4, -0.2) is 43.8 Å². The van der Waals surface area contributed by atoms with Crippen molar-refractivity contribution in [2.75, 3.05) is 18.8 Å². The maximum atomic E-state index is 13.9. The van der Waals surface area contributed by atoms with Gasteiger partial charge in [-0.2, -0.15) is 0 Å². The molecule has 1 aliphatic rings. The molecular weight excluding hydrogens is 367 g/mol. The normalized spacial score (nSPS) is 13.9. The Morgan fingerprint density at radius 2 is 2.11 bits per heavy atom. The summed E-state index contributed by atoms with van der Waals surface area (Å²) in [7, 11) is 0. The number of nitrogens with zero attached hydrogens (tertiary/aromatic N) is 4. The maximum absolute atomic E-state index is 13.9. The van der Waals surface area contributed by atoms with Gasteiger partial charge in [-0.1, -0.05) is 11.8 Å². The van der Waals surface area contributed by atoms with E-state index in [0.717, 1.165) is 12.2 Å². The molecule has 0 spiro atoms. The van der Waals surface area contributed by atoms with Crippen molar-refractivity contribution in [3.05, 3.63) is 34.4 Å². The Kier molecular flexibility index (Phi) is 4.67. The fourth-order valence-corrected chi connectivity index (χ4v) is 4.62. The fourth-order valence-electron chi connectivity index (χ4n) is 3.68. The summed E-state index contributed by atoms with van der Waals surface area (Å²) in [6.07, 6.45) is 0.901. The summed E-state index contributed by atoms with van der Waals surface area (Å²) >= 11 is 1.54. The van der Waals surface area contributed by atoms with Crippen molar-refractivity contribution < 1.29 is 9.18 Å². The summed E-state index contributed by atoms with van der Waals surface area (Å²) in [6, 6.07) is 4.37. The van der Waals surface area contributed by atoms with E-state index in [4.69, 9.17) is 0 Å². The number of carbonyl (C=O) groups excluding carboxylic acids is 1. The third-order valence-electron chi connectivity index (χ3n) is 5.05. The fraction of sp³-hybridized carbons (Fsp3) is 0.421. The minimum Gasteiger partial charge on any atom is -0.342 e. The van der Waals surface area contributed by atoms with Crippen molar-refractivity contribution >= 4 is 39.6 Å². The Hall–Kier alpha value is -2.35. The van der Waals surface area contributed by atoms with Gasteiger partial charge in [-0.15, -0.1) is 0 Å². The average molecular weight is 388 g/mol. The zero-order chi connectivity index (χ0) is 19.1. The van der Waals surface area contributed by atoms with Gasteiger partial charge in [-0.3, -0.25) is 14.2 Å². The number of hydrogen-bond donors (Lipinski definition) is 0. The number of aromatic nitrogens is 3. The summed E-state index contributed by atoms with van der Waals surface area (Å²) in [5.74, 6) is 0.453. The van der Waals surface area contributed by atoms with E-state index in [2.05, 4.69) is 4.98 Å². The molecule has 1 aromatic carbocycles. The van der Waals surface area contributed by atoms with Gasteiger partial charge in [-0.25, -0.2) is 9.37 Å². The molecule has 2 aromatic heterocycles. The van der Waals surface area contributed by atoms with Gasteiger partial charge in [0.05, 0.1) is 5.52 Å². The number of fused-ring (bicyclic) bond motifs is 4. The number of amides is 1. The second-order valence-corrected chi connectivity index (χ2v) is 7.63. The van der Waals surface area contributed by atoms with Crippen molar-refractivity contribution in [3.63, 3.8) is 0 Å². The lowest BCUT2D eigenvalue weighted by molar-refractivity contribution is -0.131. The van der Waals surface area contributed by atoms with Gasteiger partial charge in [0.25, 0.3) is 5.56 Å². The first-order chi connectivity index (χ1) is 13.0. The van der Waals surface area contributed by atoms with Crippen LogP contribution in [0.5, 0.6) is 0 Å². The van der Waals surface area contributed by atoms with Crippen molar-refractivity contribution in [1.29, 1.82) is 0 Å². The predicted octanol–water partition coefficient (Wildman–Crippen LogP) is 2.85. The Balaban J connectivity index is 2.00. The molecule has 0 saturated carbocycles. The lowest BCUT2D eigenvalue weighted by atomic mass is 10.2. The smallest absolute Gasteiger partial charge is 0.278 e. The third-order valence-corrected chi connectivity index (χ3v) is 6.11. The molecule has 4 rings (SSSR count). The Labute approximate surface area is 160 Å². The second kappa shape index (κ2) is 6.99. The topological polar surface area (TPSA) is 60.1 Å². The lowest BCUT2D eigenvalue weighted by Crippen LogP contribution is -2.34. The molecule has 1 aliphatic heterocycles. The highest BCUT2D eigenvalue weighted by atomic mass is 32.2. The number of thioether (sulfide) groups is 1. The highest BCUT2D eigenvalue weighted by molar-refractivity contribution is 7.99. The van der Waals surface area contributed by atoms with Crippen molar-refractivity contribution in [2.24, 2.45) is 0 Å². The van der Waals surface area contributed by atoms with E-state index < -0.39 is 0 Å². The summed E-state index contributed by atoms with van der Waals surface area (Å²) < 4.78 is 17.3. The second-order valence-electron chi connectivity index (χ2n) is 6.56. The van der Waals surface area contributed by atoms with Crippen LogP contribution in [0.1, 0.15) is 20.3 Å². The Morgan fingerprint density at radius 3 is 2.85 bits per heavy atom. The molecule has 0 saturated heterocycles. The van der Waals surface area contributed by atoms with Crippen LogP contribution in [0.4, 0.5) is 4.39 Å². The van der Waals surface area contributed by atoms with E-state index in [0.29, 0.717) is 46.7 Å². The third kappa shape index (κ3) is 2.92. The number of halogens is 1. The van der Waals surface area contributed by atoms with E-state index in [1.165, 1.54) is 23.9 Å². The van der Waals surface area contributed by atoms with Crippen LogP contribution in [0.15, 0.2) is 28.2 Å². The highest BCUT2D eigenvalue weighted by Crippen LogP contribution is 2.30. The van der Waals surface area contributed by atoms with Gasteiger partial charge in [0.1, 0.15) is 23.4 Å². The van der Waals surface area contributed by atoms with E-state index in [-0.39, 0.29) is 23.8 Å². The first-order valence-corrected chi connectivity index (χ1v) is 10.2. The van der Waals surface area contributed by atoms with Crippen LogP contribution in [-0.2, 0) is 17.9 Å². The maximum Gasteiger partial charge on any atom is 0.278 e. The van der Waals surface area contributed by atoms with Gasteiger partial charge < -0.3 is 9.47 Å². The van der Waals surface area contributed by atoms with Crippen LogP contribution in [0, 0.1) is 5.82 Å². The number of carbonyl (C=O) groups is 1. The zero-order valence-corrected chi connectivity index (χ0v) is 16.2. The SMILES string of the molecule is CCN(CC)C(=O)Cn1c2ccc(F)cc2c2nc3n(c(=O)c21)CCCS3. The van der Waals surface area contributed by atoms with E-state index in [1.54, 1.807) is 20.1 Å². The summed E-state index contributed by atoms with van der Waals surface area (Å²) in [4.78, 5) is 32.3. The van der Waals surface area contributed by atoms with Gasteiger partial charge in [-0.05, 0) is 38.5 Å². The minimum atomic E-state index is -0.385. The lowest BCUT2D eigenvalue weighted by Gasteiger charge is -2.20. The average Bonchev–Trinajstić information content (AvgIpc) is 2.96. The van der Waals surface area contributed by atoms with Crippen molar-refractivity contribution in [3.8, 4) is 0 Å². The van der Waals surface area contributed by atoms with Gasteiger partial charge in [0.2, 0.25) is 5.91 Å². The number of likely N-dealkylation sites (N-methyl/N-ethyl adjacent to an activating group) is 1. The number of hydrogen-bond acceptors (Lipinski definition) is 4.